The Labute approximate surface area is 123 Å². The van der Waals surface area contributed by atoms with E-state index < -0.39 is 11.3 Å². The Hall–Kier alpha value is 0.0300. The number of nitrogens with zero attached hydrogens (tertiary/aromatic N) is 2. The van der Waals surface area contributed by atoms with Gasteiger partial charge in [0, 0.05) is 5.11 Å². The Bertz CT molecular complexity index is 333. The molecule has 0 saturated carbocycles. The largest absolute Gasteiger partial charge is 1.00 e. The van der Waals surface area contributed by atoms with E-state index in [1.807, 2.05) is 20.8 Å². The summed E-state index contributed by atoms with van der Waals surface area (Å²) in [5.41, 5.74) is -1.02. The summed E-state index contributed by atoms with van der Waals surface area (Å²) in [4.78, 5) is 25.2. The Balaban J connectivity index is 0.00000225. The van der Waals surface area contributed by atoms with Gasteiger partial charge in [0.05, 0.1) is 5.41 Å². The van der Waals surface area contributed by atoms with E-state index in [-0.39, 0.29) is 46.5 Å². The Kier molecular flexibility index (Phi) is 5.59. The first-order valence-corrected chi connectivity index (χ1v) is 5.37. The van der Waals surface area contributed by atoms with Gasteiger partial charge in [-0.3, -0.25) is 9.59 Å². The number of carbonyl (C=O) groups excluding carboxylic acids is 2. The van der Waals surface area contributed by atoms with E-state index in [1.54, 1.807) is 7.05 Å². The summed E-state index contributed by atoms with van der Waals surface area (Å²) >= 11 is 4.84. The molecule has 1 aliphatic rings. The van der Waals surface area contributed by atoms with Gasteiger partial charge in [-0.25, -0.2) is 0 Å². The van der Waals surface area contributed by atoms with E-state index in [4.69, 9.17) is 12.2 Å². The maximum atomic E-state index is 12.1. The van der Waals surface area contributed by atoms with Crippen LogP contribution >= 0.6 is 12.2 Å². The third-order valence-corrected chi connectivity index (χ3v) is 3.46. The fraction of sp³-hybridized carbons (Fsp3) is 0.700. The normalized spacial score (nSPS) is 25.6. The van der Waals surface area contributed by atoms with Crippen molar-refractivity contribution in [1.29, 1.82) is 0 Å². The van der Waals surface area contributed by atoms with Gasteiger partial charge in [0.15, 0.2) is 11.8 Å². The monoisotopic (exact) mass is 250 g/mol. The molecule has 2 amide bonds. The molecule has 0 aromatic rings. The van der Waals surface area contributed by atoms with Crippen LogP contribution in [-0.2, 0) is 9.59 Å². The van der Waals surface area contributed by atoms with Crippen LogP contribution in [0.2, 0.25) is 0 Å². The van der Waals surface area contributed by atoms with Crippen LogP contribution in [0.3, 0.4) is 0 Å². The third-order valence-electron chi connectivity index (χ3n) is 3.10. The second-order valence-corrected chi connectivity index (χ2v) is 4.41. The quantitative estimate of drug-likeness (QED) is 0.348. The molecule has 0 aliphatic carbocycles. The van der Waals surface area contributed by atoms with E-state index in [1.165, 1.54) is 4.90 Å². The van der Waals surface area contributed by atoms with E-state index in [0.717, 1.165) is 0 Å². The SMILES string of the molecule is CCC1(C(C)C)C(=O)[N-]C(=S)N(C)C1=O.[Na+]. The molecule has 0 bridgehead atoms. The standard InChI is InChI=1S/C10H16N2O2S.Na/c1-5-10(6(2)3)7(13)11-9(15)12(4)8(10)14;/h6H,5H2,1-4H3,(H,11,13,15);/q;+1/p-1. The smallest absolute Gasteiger partial charge is 0.408 e. The predicted octanol–water partition coefficient (Wildman–Crippen LogP) is -1.30. The van der Waals surface area contributed by atoms with Crippen molar-refractivity contribution in [2.45, 2.75) is 27.2 Å². The summed E-state index contributed by atoms with van der Waals surface area (Å²) in [6, 6.07) is 0. The Morgan fingerprint density at radius 3 is 2.31 bits per heavy atom. The van der Waals surface area contributed by atoms with Crippen molar-refractivity contribution in [2.24, 2.45) is 11.3 Å². The topological polar surface area (TPSA) is 51.5 Å². The maximum Gasteiger partial charge on any atom is 1.00 e. The molecule has 1 aliphatic heterocycles. The number of carbonyl (C=O) groups is 2. The van der Waals surface area contributed by atoms with Gasteiger partial charge in [0.25, 0.3) is 0 Å². The summed E-state index contributed by atoms with van der Waals surface area (Å²) < 4.78 is 0. The number of rotatable bonds is 2. The van der Waals surface area contributed by atoms with Crippen LogP contribution in [0.5, 0.6) is 0 Å². The number of hydrogen-bond donors (Lipinski definition) is 0. The number of thiocarbonyl (C=S) groups is 1. The number of hydrogen-bond acceptors (Lipinski definition) is 3. The van der Waals surface area contributed by atoms with Crippen molar-refractivity contribution in [2.75, 3.05) is 7.05 Å². The first kappa shape index (κ1) is 16.0. The van der Waals surface area contributed by atoms with Gasteiger partial charge in [-0.15, -0.1) is 0 Å². The molecule has 1 unspecified atom stereocenters. The summed E-state index contributed by atoms with van der Waals surface area (Å²) in [6.45, 7) is 5.54. The molecule has 1 atom stereocenters. The molecule has 84 valence electrons. The molecular weight excluding hydrogens is 235 g/mol. The van der Waals surface area contributed by atoms with Crippen LogP contribution < -0.4 is 29.6 Å². The molecule has 1 heterocycles. The predicted molar refractivity (Wildman–Crippen MR) is 61.3 cm³/mol. The van der Waals surface area contributed by atoms with Crippen molar-refractivity contribution >= 4 is 29.1 Å². The summed E-state index contributed by atoms with van der Waals surface area (Å²) in [5, 5.41) is 3.82. The van der Waals surface area contributed by atoms with Crippen LogP contribution in [0, 0.1) is 11.3 Å². The Morgan fingerprint density at radius 2 is 1.94 bits per heavy atom. The maximum absolute atomic E-state index is 12.1. The van der Waals surface area contributed by atoms with Crippen molar-refractivity contribution in [3.8, 4) is 0 Å². The molecule has 0 spiro atoms. The van der Waals surface area contributed by atoms with Gasteiger partial charge in [-0.05, 0) is 12.3 Å². The fourth-order valence-electron chi connectivity index (χ4n) is 1.94. The molecular formula is C10H15N2NaO2S. The van der Waals surface area contributed by atoms with Crippen LogP contribution in [0.15, 0.2) is 0 Å². The van der Waals surface area contributed by atoms with Gasteiger partial charge < -0.3 is 10.2 Å². The molecule has 0 radical (unpaired) electrons. The Morgan fingerprint density at radius 1 is 1.44 bits per heavy atom. The van der Waals surface area contributed by atoms with E-state index >= 15 is 0 Å². The third kappa shape index (κ3) is 2.18. The zero-order valence-electron chi connectivity index (χ0n) is 10.4. The van der Waals surface area contributed by atoms with Crippen molar-refractivity contribution in [3.63, 3.8) is 0 Å². The van der Waals surface area contributed by atoms with Gasteiger partial charge in [-0.1, -0.05) is 40.0 Å². The van der Waals surface area contributed by atoms with Crippen molar-refractivity contribution in [3.05, 3.63) is 5.32 Å². The first-order chi connectivity index (χ1) is 6.87. The summed E-state index contributed by atoms with van der Waals surface area (Å²) in [7, 11) is 1.56. The molecule has 0 aromatic carbocycles. The van der Waals surface area contributed by atoms with Gasteiger partial charge in [0.1, 0.15) is 0 Å². The molecule has 0 aromatic heterocycles. The van der Waals surface area contributed by atoms with Crippen LogP contribution in [0.4, 0.5) is 0 Å². The fourth-order valence-corrected chi connectivity index (χ4v) is 2.11. The number of amides is 2. The van der Waals surface area contributed by atoms with Crippen molar-refractivity contribution < 1.29 is 39.1 Å². The minimum absolute atomic E-state index is 0. The zero-order chi connectivity index (χ0) is 11.8. The second-order valence-electron chi connectivity index (χ2n) is 4.04. The summed E-state index contributed by atoms with van der Waals surface area (Å²) in [6.07, 6.45) is 0.457. The van der Waals surface area contributed by atoms with E-state index in [0.29, 0.717) is 6.42 Å². The molecule has 6 heteroatoms. The summed E-state index contributed by atoms with van der Waals surface area (Å²) in [5.74, 6) is -0.699. The van der Waals surface area contributed by atoms with Gasteiger partial charge in [-0.2, -0.15) is 0 Å². The average molecular weight is 250 g/mol. The molecule has 1 fully saturated rings. The van der Waals surface area contributed by atoms with Gasteiger partial charge >= 0.3 is 29.6 Å². The minimum Gasteiger partial charge on any atom is -0.408 e. The molecule has 0 N–H and O–H groups in total. The first-order valence-electron chi connectivity index (χ1n) is 4.96. The zero-order valence-corrected chi connectivity index (χ0v) is 13.2. The van der Waals surface area contributed by atoms with E-state index in [9.17, 15) is 9.59 Å². The van der Waals surface area contributed by atoms with Crippen LogP contribution in [0.25, 0.3) is 5.32 Å². The van der Waals surface area contributed by atoms with E-state index in [2.05, 4.69) is 5.32 Å². The van der Waals surface area contributed by atoms with Crippen LogP contribution in [-0.4, -0.2) is 28.9 Å². The second kappa shape index (κ2) is 5.58. The molecule has 1 rings (SSSR count). The average Bonchev–Trinajstić information content (AvgIpc) is 2.15. The molecule has 4 nitrogen and oxygen atoms in total. The van der Waals surface area contributed by atoms with Gasteiger partial charge in [0.2, 0.25) is 0 Å². The van der Waals surface area contributed by atoms with Crippen LogP contribution in [0.1, 0.15) is 27.2 Å². The molecule has 1 saturated heterocycles. The molecule has 16 heavy (non-hydrogen) atoms. The minimum atomic E-state index is -1.02. The van der Waals surface area contributed by atoms with Crippen molar-refractivity contribution in [1.82, 2.24) is 4.90 Å².